The van der Waals surface area contributed by atoms with E-state index in [0.717, 1.165) is 37.3 Å². The SMILES string of the molecule is CC(CN1CCCC1)NS(=O)(=O)c1csc(C(=O)O)c1. The van der Waals surface area contributed by atoms with Crippen LogP contribution in [0.1, 0.15) is 29.4 Å². The predicted molar refractivity (Wildman–Crippen MR) is 76.7 cm³/mol. The van der Waals surface area contributed by atoms with Gasteiger partial charge in [0.15, 0.2) is 0 Å². The van der Waals surface area contributed by atoms with Gasteiger partial charge in [0.2, 0.25) is 10.0 Å². The first-order valence-corrected chi connectivity index (χ1v) is 8.81. The number of thiophene rings is 1. The van der Waals surface area contributed by atoms with Gasteiger partial charge in [-0.15, -0.1) is 11.3 Å². The molecule has 1 aromatic rings. The van der Waals surface area contributed by atoms with E-state index in [-0.39, 0.29) is 15.8 Å². The van der Waals surface area contributed by atoms with Crippen LogP contribution in [-0.4, -0.2) is 50.1 Å². The van der Waals surface area contributed by atoms with Gasteiger partial charge in [0.05, 0.1) is 4.90 Å². The van der Waals surface area contributed by atoms with Crippen LogP contribution in [0.15, 0.2) is 16.3 Å². The molecule has 8 heteroatoms. The summed E-state index contributed by atoms with van der Waals surface area (Å²) >= 11 is 0.915. The molecule has 0 aromatic carbocycles. The van der Waals surface area contributed by atoms with E-state index in [1.54, 1.807) is 0 Å². The number of hydrogen-bond donors (Lipinski definition) is 2. The minimum absolute atomic E-state index is 0.0215. The van der Waals surface area contributed by atoms with Gasteiger partial charge >= 0.3 is 5.97 Å². The van der Waals surface area contributed by atoms with Crippen molar-refractivity contribution in [3.05, 3.63) is 16.3 Å². The third-order valence-corrected chi connectivity index (χ3v) is 5.82. The third kappa shape index (κ3) is 3.78. The van der Waals surface area contributed by atoms with Crippen LogP contribution in [0.25, 0.3) is 0 Å². The van der Waals surface area contributed by atoms with Gasteiger partial charge < -0.3 is 10.0 Å². The fourth-order valence-electron chi connectivity index (χ4n) is 2.29. The molecular weight excluding hydrogens is 300 g/mol. The molecule has 0 saturated carbocycles. The van der Waals surface area contributed by atoms with Crippen LogP contribution in [0, 0.1) is 0 Å². The highest BCUT2D eigenvalue weighted by Gasteiger charge is 2.22. The zero-order valence-electron chi connectivity index (χ0n) is 11.2. The Morgan fingerprint density at radius 3 is 2.70 bits per heavy atom. The maximum Gasteiger partial charge on any atom is 0.345 e. The number of aromatic carboxylic acids is 1. The molecule has 0 radical (unpaired) electrons. The first-order chi connectivity index (χ1) is 9.38. The quantitative estimate of drug-likeness (QED) is 0.823. The fourth-order valence-corrected chi connectivity index (χ4v) is 4.64. The molecule has 20 heavy (non-hydrogen) atoms. The highest BCUT2D eigenvalue weighted by molar-refractivity contribution is 7.89. The van der Waals surface area contributed by atoms with Gasteiger partial charge in [0.1, 0.15) is 4.88 Å². The molecule has 1 unspecified atom stereocenters. The van der Waals surface area contributed by atoms with E-state index < -0.39 is 16.0 Å². The van der Waals surface area contributed by atoms with Crippen molar-refractivity contribution in [3.63, 3.8) is 0 Å². The van der Waals surface area contributed by atoms with Crippen molar-refractivity contribution in [3.8, 4) is 0 Å². The molecular formula is C12H18N2O4S2. The summed E-state index contributed by atoms with van der Waals surface area (Å²) in [5.41, 5.74) is 0. The minimum atomic E-state index is -3.64. The zero-order valence-corrected chi connectivity index (χ0v) is 12.8. The molecule has 2 N–H and O–H groups in total. The summed E-state index contributed by atoms with van der Waals surface area (Å²) < 4.78 is 26.9. The van der Waals surface area contributed by atoms with Crippen molar-refractivity contribution < 1.29 is 18.3 Å². The predicted octanol–water partition coefficient (Wildman–Crippen LogP) is 1.21. The van der Waals surface area contributed by atoms with Crippen molar-refractivity contribution >= 4 is 27.3 Å². The molecule has 1 fully saturated rings. The summed E-state index contributed by atoms with van der Waals surface area (Å²) in [5, 5.41) is 10.2. The van der Waals surface area contributed by atoms with Crippen LogP contribution in [0.5, 0.6) is 0 Å². The number of nitrogens with one attached hydrogen (secondary N) is 1. The average molecular weight is 318 g/mol. The number of rotatable bonds is 6. The molecule has 1 aromatic heterocycles. The lowest BCUT2D eigenvalue weighted by Gasteiger charge is -2.20. The molecule has 2 rings (SSSR count). The number of nitrogens with zero attached hydrogens (tertiary/aromatic N) is 1. The second kappa shape index (κ2) is 6.21. The molecule has 1 saturated heterocycles. The molecule has 1 aliphatic heterocycles. The Labute approximate surface area is 122 Å². The van der Waals surface area contributed by atoms with Crippen molar-refractivity contribution in [2.75, 3.05) is 19.6 Å². The van der Waals surface area contributed by atoms with Crippen LogP contribution in [-0.2, 0) is 10.0 Å². The normalized spacial score (nSPS) is 18.2. The van der Waals surface area contributed by atoms with Gasteiger partial charge in [-0.1, -0.05) is 0 Å². The molecule has 1 aliphatic rings. The number of carboxylic acids is 1. The summed E-state index contributed by atoms with van der Waals surface area (Å²) in [6.07, 6.45) is 2.32. The summed E-state index contributed by atoms with van der Waals surface area (Å²) in [4.78, 5) is 13.1. The smallest absolute Gasteiger partial charge is 0.345 e. The Kier molecular flexibility index (Phi) is 4.79. The number of likely N-dealkylation sites (tertiary alicyclic amines) is 1. The largest absolute Gasteiger partial charge is 0.477 e. The van der Waals surface area contributed by atoms with Gasteiger partial charge in [0.25, 0.3) is 0 Å². The lowest BCUT2D eigenvalue weighted by molar-refractivity contribution is 0.0702. The first-order valence-electron chi connectivity index (χ1n) is 6.45. The zero-order chi connectivity index (χ0) is 14.8. The molecule has 1 atom stereocenters. The topological polar surface area (TPSA) is 86.7 Å². The number of carbonyl (C=O) groups is 1. The monoisotopic (exact) mass is 318 g/mol. The van der Waals surface area contributed by atoms with Crippen LogP contribution in [0.2, 0.25) is 0 Å². The van der Waals surface area contributed by atoms with E-state index in [2.05, 4.69) is 9.62 Å². The molecule has 0 aliphatic carbocycles. The molecule has 0 amide bonds. The van der Waals surface area contributed by atoms with Crippen molar-refractivity contribution in [1.29, 1.82) is 0 Å². The maximum atomic E-state index is 12.1. The van der Waals surface area contributed by atoms with Gasteiger partial charge in [-0.05, 0) is 38.9 Å². The van der Waals surface area contributed by atoms with E-state index in [1.165, 1.54) is 11.4 Å². The van der Waals surface area contributed by atoms with Crippen molar-refractivity contribution in [1.82, 2.24) is 9.62 Å². The number of sulfonamides is 1. The van der Waals surface area contributed by atoms with E-state index in [0.29, 0.717) is 6.54 Å². The molecule has 2 heterocycles. The Morgan fingerprint density at radius 1 is 1.50 bits per heavy atom. The Hall–Kier alpha value is -0.960. The Balaban J connectivity index is 2.00. The van der Waals surface area contributed by atoms with E-state index in [4.69, 9.17) is 5.11 Å². The number of carboxylic acid groups (broad SMARTS) is 1. The van der Waals surface area contributed by atoms with Gasteiger partial charge in [-0.3, -0.25) is 0 Å². The number of hydrogen-bond acceptors (Lipinski definition) is 5. The highest BCUT2D eigenvalue weighted by atomic mass is 32.2. The maximum absolute atomic E-state index is 12.1. The van der Waals surface area contributed by atoms with Gasteiger partial charge in [-0.25, -0.2) is 17.9 Å². The standard InChI is InChI=1S/C12H18N2O4S2/c1-9(7-14-4-2-3-5-14)13-20(17,18)10-6-11(12(15)16)19-8-10/h6,8-9,13H,2-5,7H2,1H3,(H,15,16). The Morgan fingerprint density at radius 2 is 2.15 bits per heavy atom. The Bertz CT molecular complexity index is 576. The summed E-state index contributed by atoms with van der Waals surface area (Å²) in [6.45, 7) is 4.51. The van der Waals surface area contributed by atoms with E-state index in [1.807, 2.05) is 6.92 Å². The van der Waals surface area contributed by atoms with Crippen LogP contribution < -0.4 is 4.72 Å². The summed E-state index contributed by atoms with van der Waals surface area (Å²) in [7, 11) is -3.64. The molecule has 112 valence electrons. The fraction of sp³-hybridized carbons (Fsp3) is 0.583. The molecule has 0 bridgehead atoms. The minimum Gasteiger partial charge on any atom is -0.477 e. The summed E-state index contributed by atoms with van der Waals surface area (Å²) in [6, 6.07) is 0.990. The van der Waals surface area contributed by atoms with Gasteiger partial charge in [0, 0.05) is 18.0 Å². The third-order valence-electron chi connectivity index (χ3n) is 3.18. The van der Waals surface area contributed by atoms with Crippen LogP contribution in [0.4, 0.5) is 0 Å². The van der Waals surface area contributed by atoms with Gasteiger partial charge in [-0.2, -0.15) is 0 Å². The molecule has 0 spiro atoms. The van der Waals surface area contributed by atoms with Crippen LogP contribution >= 0.6 is 11.3 Å². The molecule has 6 nitrogen and oxygen atoms in total. The summed E-state index contributed by atoms with van der Waals surface area (Å²) in [5.74, 6) is -1.11. The lowest BCUT2D eigenvalue weighted by atomic mass is 10.3. The van der Waals surface area contributed by atoms with Crippen LogP contribution in [0.3, 0.4) is 0 Å². The van der Waals surface area contributed by atoms with Crippen molar-refractivity contribution in [2.45, 2.75) is 30.7 Å². The lowest BCUT2D eigenvalue weighted by Crippen LogP contribution is -2.40. The second-order valence-electron chi connectivity index (χ2n) is 4.98. The van der Waals surface area contributed by atoms with E-state index in [9.17, 15) is 13.2 Å². The van der Waals surface area contributed by atoms with Crippen molar-refractivity contribution in [2.24, 2.45) is 0 Å². The highest BCUT2D eigenvalue weighted by Crippen LogP contribution is 2.19. The van der Waals surface area contributed by atoms with E-state index >= 15 is 0 Å². The first kappa shape index (κ1) is 15.4. The average Bonchev–Trinajstić information content (AvgIpc) is 2.97. The second-order valence-corrected chi connectivity index (χ2v) is 7.61.